The monoisotopic (exact) mass is 219 g/mol. The molecule has 0 fully saturated rings. The predicted octanol–water partition coefficient (Wildman–Crippen LogP) is 2.47. The number of pyridine rings is 1. The van der Waals surface area contributed by atoms with E-state index in [0.717, 1.165) is 0 Å². The van der Waals surface area contributed by atoms with Crippen LogP contribution in [-0.4, -0.2) is 18.1 Å². The first kappa shape index (κ1) is 10.5. The number of fused-ring (bicyclic) bond motifs is 1. The Bertz CT molecular complexity index is 566. The highest BCUT2D eigenvalue weighted by molar-refractivity contribution is 6.03. The Kier molecular flexibility index (Phi) is 2.56. The van der Waals surface area contributed by atoms with Crippen molar-refractivity contribution in [2.24, 2.45) is 0 Å². The van der Waals surface area contributed by atoms with E-state index >= 15 is 0 Å². The molecule has 0 N–H and O–H groups in total. The lowest BCUT2D eigenvalue weighted by atomic mass is 10.1. The van der Waals surface area contributed by atoms with E-state index in [1.807, 2.05) is 0 Å². The quantitative estimate of drug-likeness (QED) is 0.691. The van der Waals surface area contributed by atoms with Crippen LogP contribution in [0.5, 0.6) is 0 Å². The highest BCUT2D eigenvalue weighted by Crippen LogP contribution is 2.22. The second kappa shape index (κ2) is 3.89. The lowest BCUT2D eigenvalue weighted by Crippen LogP contribution is -2.03. The summed E-state index contributed by atoms with van der Waals surface area (Å²) < 4.78 is 18.0. The lowest BCUT2D eigenvalue weighted by molar-refractivity contribution is 0.0603. The third-order valence-electron chi connectivity index (χ3n) is 2.51. The molecule has 3 nitrogen and oxygen atoms in total. The summed E-state index contributed by atoms with van der Waals surface area (Å²) in [6.45, 7) is 1.63. The molecule has 0 unspecified atom stereocenters. The molecule has 0 aliphatic heterocycles. The van der Waals surface area contributed by atoms with Crippen LogP contribution in [0.1, 0.15) is 15.9 Å². The van der Waals surface area contributed by atoms with Crippen LogP contribution < -0.4 is 0 Å². The summed E-state index contributed by atoms with van der Waals surface area (Å²) in [5.41, 5.74) is 1.32. The van der Waals surface area contributed by atoms with Crippen molar-refractivity contribution in [1.82, 2.24) is 4.98 Å². The molecule has 0 aliphatic rings. The number of aromatic nitrogens is 1. The highest BCUT2D eigenvalue weighted by Gasteiger charge is 2.13. The minimum Gasteiger partial charge on any atom is -0.465 e. The molecule has 0 saturated heterocycles. The Balaban J connectivity index is 2.79. The van der Waals surface area contributed by atoms with Gasteiger partial charge in [0.25, 0.3) is 0 Å². The molecule has 0 atom stereocenters. The van der Waals surface area contributed by atoms with E-state index < -0.39 is 5.97 Å². The number of halogens is 1. The lowest BCUT2D eigenvalue weighted by Gasteiger charge is -2.06. The van der Waals surface area contributed by atoms with Crippen LogP contribution in [-0.2, 0) is 4.74 Å². The summed E-state index contributed by atoms with van der Waals surface area (Å²) in [4.78, 5) is 15.6. The maximum absolute atomic E-state index is 13.3. The van der Waals surface area contributed by atoms with Crippen LogP contribution in [0, 0.1) is 12.7 Å². The second-order valence-corrected chi connectivity index (χ2v) is 3.42. The van der Waals surface area contributed by atoms with Crippen molar-refractivity contribution < 1.29 is 13.9 Å². The SMILES string of the molecule is COC(=O)c1ccnc2c(C)c(F)ccc12. The first-order chi connectivity index (χ1) is 7.65. The molecule has 1 heterocycles. The Morgan fingerprint density at radius 2 is 2.12 bits per heavy atom. The molecule has 0 bridgehead atoms. The number of hydrogen-bond acceptors (Lipinski definition) is 3. The van der Waals surface area contributed by atoms with E-state index in [2.05, 4.69) is 9.72 Å². The Hall–Kier alpha value is -1.97. The van der Waals surface area contributed by atoms with Gasteiger partial charge in [-0.25, -0.2) is 9.18 Å². The van der Waals surface area contributed by atoms with Gasteiger partial charge in [-0.15, -0.1) is 0 Å². The van der Waals surface area contributed by atoms with E-state index in [0.29, 0.717) is 22.0 Å². The molecule has 16 heavy (non-hydrogen) atoms. The largest absolute Gasteiger partial charge is 0.465 e. The zero-order valence-electron chi connectivity index (χ0n) is 8.95. The molecule has 1 aromatic carbocycles. The normalized spacial score (nSPS) is 10.4. The molecule has 0 radical (unpaired) electrons. The molecule has 0 aliphatic carbocycles. The van der Waals surface area contributed by atoms with Crippen molar-refractivity contribution in [2.75, 3.05) is 7.11 Å². The number of methoxy groups -OCH3 is 1. The smallest absolute Gasteiger partial charge is 0.338 e. The van der Waals surface area contributed by atoms with E-state index in [4.69, 9.17) is 0 Å². The van der Waals surface area contributed by atoms with Crippen LogP contribution in [0.25, 0.3) is 10.9 Å². The third-order valence-corrected chi connectivity index (χ3v) is 2.51. The summed E-state index contributed by atoms with van der Waals surface area (Å²) >= 11 is 0. The van der Waals surface area contributed by atoms with Gasteiger partial charge in [0, 0.05) is 17.1 Å². The number of carbonyl (C=O) groups is 1. The predicted molar refractivity (Wildman–Crippen MR) is 57.8 cm³/mol. The molecule has 1 aromatic heterocycles. The summed E-state index contributed by atoms with van der Waals surface area (Å²) in [6.07, 6.45) is 1.47. The minimum absolute atomic E-state index is 0.331. The summed E-state index contributed by atoms with van der Waals surface area (Å²) in [5, 5.41) is 0.605. The van der Waals surface area contributed by atoms with Crippen molar-refractivity contribution in [3.05, 3.63) is 41.3 Å². The van der Waals surface area contributed by atoms with Gasteiger partial charge in [-0.2, -0.15) is 0 Å². The second-order valence-electron chi connectivity index (χ2n) is 3.42. The fourth-order valence-corrected chi connectivity index (χ4v) is 1.62. The van der Waals surface area contributed by atoms with E-state index in [1.165, 1.54) is 25.4 Å². The molecule has 0 spiro atoms. The Morgan fingerprint density at radius 1 is 1.38 bits per heavy atom. The number of rotatable bonds is 1. The van der Waals surface area contributed by atoms with E-state index in [9.17, 15) is 9.18 Å². The van der Waals surface area contributed by atoms with Gasteiger partial charge in [0.1, 0.15) is 5.82 Å². The molecule has 2 rings (SSSR count). The number of hydrogen-bond donors (Lipinski definition) is 0. The molecule has 0 amide bonds. The van der Waals surface area contributed by atoms with Gasteiger partial charge in [0.05, 0.1) is 18.2 Å². The summed E-state index contributed by atoms with van der Waals surface area (Å²) in [6, 6.07) is 4.42. The van der Waals surface area contributed by atoms with Crippen LogP contribution in [0.2, 0.25) is 0 Å². The van der Waals surface area contributed by atoms with E-state index in [-0.39, 0.29) is 5.82 Å². The molecule has 4 heteroatoms. The zero-order valence-corrected chi connectivity index (χ0v) is 8.95. The Morgan fingerprint density at radius 3 is 2.81 bits per heavy atom. The average molecular weight is 219 g/mol. The molecular formula is C12H10FNO2. The average Bonchev–Trinajstić information content (AvgIpc) is 2.32. The Labute approximate surface area is 91.9 Å². The van der Waals surface area contributed by atoms with Gasteiger partial charge in [0.2, 0.25) is 0 Å². The van der Waals surface area contributed by atoms with Crippen LogP contribution >= 0.6 is 0 Å². The molecular weight excluding hydrogens is 209 g/mol. The number of aryl methyl sites for hydroxylation is 1. The number of nitrogens with zero attached hydrogens (tertiary/aromatic N) is 1. The van der Waals surface area contributed by atoms with E-state index in [1.54, 1.807) is 13.0 Å². The van der Waals surface area contributed by atoms with Gasteiger partial charge in [0.15, 0.2) is 0 Å². The third kappa shape index (κ3) is 1.52. The van der Waals surface area contributed by atoms with Crippen molar-refractivity contribution >= 4 is 16.9 Å². The van der Waals surface area contributed by atoms with Crippen molar-refractivity contribution in [2.45, 2.75) is 6.92 Å². The number of ether oxygens (including phenoxy) is 1. The standard InChI is InChI=1S/C12H10FNO2/c1-7-10(13)4-3-8-9(12(15)16-2)5-6-14-11(7)8/h3-6H,1-2H3. The topological polar surface area (TPSA) is 39.2 Å². The maximum atomic E-state index is 13.3. The number of carbonyl (C=O) groups excluding carboxylic acids is 1. The first-order valence-corrected chi connectivity index (χ1v) is 4.77. The minimum atomic E-state index is -0.446. The van der Waals surface area contributed by atoms with Gasteiger partial charge in [-0.1, -0.05) is 0 Å². The highest BCUT2D eigenvalue weighted by atomic mass is 19.1. The first-order valence-electron chi connectivity index (χ1n) is 4.77. The van der Waals surface area contributed by atoms with Gasteiger partial charge in [-0.3, -0.25) is 4.98 Å². The maximum Gasteiger partial charge on any atom is 0.338 e. The fourth-order valence-electron chi connectivity index (χ4n) is 1.62. The van der Waals surface area contributed by atoms with Gasteiger partial charge < -0.3 is 4.74 Å². The molecule has 2 aromatic rings. The van der Waals surface area contributed by atoms with Gasteiger partial charge in [-0.05, 0) is 25.1 Å². The van der Waals surface area contributed by atoms with Crippen LogP contribution in [0.3, 0.4) is 0 Å². The van der Waals surface area contributed by atoms with Crippen molar-refractivity contribution in [1.29, 1.82) is 0 Å². The van der Waals surface area contributed by atoms with Crippen LogP contribution in [0.4, 0.5) is 4.39 Å². The zero-order chi connectivity index (χ0) is 11.7. The van der Waals surface area contributed by atoms with Gasteiger partial charge >= 0.3 is 5.97 Å². The number of benzene rings is 1. The van der Waals surface area contributed by atoms with Crippen LogP contribution in [0.15, 0.2) is 24.4 Å². The van der Waals surface area contributed by atoms with Crippen molar-refractivity contribution in [3.8, 4) is 0 Å². The summed E-state index contributed by atoms with van der Waals surface area (Å²) in [5.74, 6) is -0.777. The van der Waals surface area contributed by atoms with Crippen molar-refractivity contribution in [3.63, 3.8) is 0 Å². The fraction of sp³-hybridized carbons (Fsp3) is 0.167. The number of esters is 1. The molecule has 0 saturated carbocycles. The molecule has 82 valence electrons. The summed E-state index contributed by atoms with van der Waals surface area (Å²) in [7, 11) is 1.31.